The summed E-state index contributed by atoms with van der Waals surface area (Å²) >= 11 is 1.48. The summed E-state index contributed by atoms with van der Waals surface area (Å²) in [6.07, 6.45) is 2.70. The number of rotatable bonds is 8. The quantitative estimate of drug-likeness (QED) is 0.641. The van der Waals surface area contributed by atoms with Gasteiger partial charge in [-0.1, -0.05) is 18.2 Å². The number of amides is 3. The lowest BCUT2D eigenvalue weighted by molar-refractivity contribution is -0.117. The smallest absolute Gasteiger partial charge is 0.319 e. The average molecular weight is 344 g/mol. The molecular weight excluding hydrogens is 324 g/mol. The summed E-state index contributed by atoms with van der Waals surface area (Å²) < 4.78 is 0. The number of thioether (sulfide) groups is 1. The molecule has 0 bridgehead atoms. The molecule has 0 aliphatic heterocycles. The molecule has 1 heterocycles. The molecule has 6 nitrogen and oxygen atoms in total. The molecule has 126 valence electrons. The first-order chi connectivity index (χ1) is 11.6. The van der Waals surface area contributed by atoms with Crippen molar-refractivity contribution in [1.82, 2.24) is 10.3 Å². The van der Waals surface area contributed by atoms with Crippen LogP contribution in [0.3, 0.4) is 0 Å². The Morgan fingerprint density at radius 3 is 2.67 bits per heavy atom. The maximum Gasteiger partial charge on any atom is 0.319 e. The molecule has 0 radical (unpaired) electrons. The predicted octanol–water partition coefficient (Wildman–Crippen LogP) is 2.41. The van der Waals surface area contributed by atoms with Crippen LogP contribution < -0.4 is 16.4 Å². The summed E-state index contributed by atoms with van der Waals surface area (Å²) in [5.74, 6) is 0.246. The SMILES string of the molecule is NC(=O)CCSc1ccccc1NC(=O)NCCc1ccccn1. The molecule has 2 aromatic rings. The number of pyridine rings is 1. The summed E-state index contributed by atoms with van der Waals surface area (Å²) in [6.45, 7) is 0.500. The van der Waals surface area contributed by atoms with E-state index in [1.54, 1.807) is 6.20 Å². The van der Waals surface area contributed by atoms with Gasteiger partial charge in [0.1, 0.15) is 0 Å². The van der Waals surface area contributed by atoms with E-state index < -0.39 is 0 Å². The van der Waals surface area contributed by atoms with Crippen LogP contribution in [0, 0.1) is 0 Å². The Morgan fingerprint density at radius 2 is 1.92 bits per heavy atom. The summed E-state index contributed by atoms with van der Waals surface area (Å²) in [5.41, 5.74) is 6.78. The third-order valence-electron chi connectivity index (χ3n) is 3.13. The number of anilines is 1. The Labute approximate surface area is 145 Å². The molecule has 2 rings (SSSR count). The van der Waals surface area contributed by atoms with Crippen molar-refractivity contribution in [3.8, 4) is 0 Å². The highest BCUT2D eigenvalue weighted by Gasteiger charge is 2.07. The van der Waals surface area contributed by atoms with Gasteiger partial charge in [-0.3, -0.25) is 9.78 Å². The van der Waals surface area contributed by atoms with Gasteiger partial charge in [0.05, 0.1) is 5.69 Å². The summed E-state index contributed by atoms with van der Waals surface area (Å²) in [4.78, 5) is 27.9. The number of primary amides is 1. The molecule has 0 unspecified atom stereocenters. The molecule has 4 N–H and O–H groups in total. The van der Waals surface area contributed by atoms with E-state index in [4.69, 9.17) is 5.73 Å². The second-order valence-corrected chi connectivity index (χ2v) is 6.15. The summed E-state index contributed by atoms with van der Waals surface area (Å²) in [6, 6.07) is 12.9. The molecule has 0 aliphatic carbocycles. The molecule has 1 aromatic heterocycles. The highest BCUT2D eigenvalue weighted by atomic mass is 32.2. The number of carbonyl (C=O) groups excluding carboxylic acids is 2. The van der Waals surface area contributed by atoms with Crippen LogP contribution in [0.2, 0.25) is 0 Å². The first kappa shape index (κ1) is 17.8. The van der Waals surface area contributed by atoms with E-state index in [2.05, 4.69) is 15.6 Å². The number of nitrogens with two attached hydrogens (primary N) is 1. The zero-order valence-corrected chi connectivity index (χ0v) is 14.0. The Morgan fingerprint density at radius 1 is 1.12 bits per heavy atom. The summed E-state index contributed by atoms with van der Waals surface area (Å²) in [7, 11) is 0. The van der Waals surface area contributed by atoms with Crippen LogP contribution in [0.25, 0.3) is 0 Å². The lowest BCUT2D eigenvalue weighted by Gasteiger charge is -2.11. The van der Waals surface area contributed by atoms with Gasteiger partial charge < -0.3 is 16.4 Å². The fourth-order valence-electron chi connectivity index (χ4n) is 1.97. The second-order valence-electron chi connectivity index (χ2n) is 5.01. The zero-order chi connectivity index (χ0) is 17.2. The number of hydrogen-bond acceptors (Lipinski definition) is 4. The van der Waals surface area contributed by atoms with Crippen LogP contribution in [0.1, 0.15) is 12.1 Å². The third kappa shape index (κ3) is 6.29. The number of nitrogens with one attached hydrogen (secondary N) is 2. The number of urea groups is 1. The van der Waals surface area contributed by atoms with E-state index in [0.29, 0.717) is 30.8 Å². The first-order valence-corrected chi connectivity index (χ1v) is 8.58. The number of carbonyl (C=O) groups is 2. The maximum absolute atomic E-state index is 12.0. The van der Waals surface area contributed by atoms with Crippen molar-refractivity contribution < 1.29 is 9.59 Å². The van der Waals surface area contributed by atoms with Crippen LogP contribution in [-0.4, -0.2) is 29.2 Å². The molecule has 0 saturated heterocycles. The van der Waals surface area contributed by atoms with E-state index in [1.807, 2.05) is 42.5 Å². The van der Waals surface area contributed by atoms with Crippen molar-refractivity contribution in [3.63, 3.8) is 0 Å². The van der Waals surface area contributed by atoms with E-state index >= 15 is 0 Å². The largest absolute Gasteiger partial charge is 0.370 e. The minimum Gasteiger partial charge on any atom is -0.370 e. The highest BCUT2D eigenvalue weighted by molar-refractivity contribution is 7.99. The molecule has 24 heavy (non-hydrogen) atoms. The minimum absolute atomic E-state index is 0.270. The molecule has 0 fully saturated rings. The van der Waals surface area contributed by atoms with E-state index in [-0.39, 0.29) is 11.9 Å². The van der Waals surface area contributed by atoms with Gasteiger partial charge >= 0.3 is 6.03 Å². The fourth-order valence-corrected chi connectivity index (χ4v) is 2.95. The standard InChI is InChI=1S/C17H20N4O2S/c18-16(22)9-12-24-15-7-2-1-6-14(15)21-17(23)20-11-8-13-5-3-4-10-19-13/h1-7,10H,8-9,11-12H2,(H2,18,22)(H2,20,21,23). The van der Waals surface area contributed by atoms with Crippen LogP contribution in [-0.2, 0) is 11.2 Å². The van der Waals surface area contributed by atoms with E-state index in [0.717, 1.165) is 10.6 Å². The molecule has 0 spiro atoms. The average Bonchev–Trinajstić information content (AvgIpc) is 2.57. The minimum atomic E-state index is -0.333. The van der Waals surface area contributed by atoms with Crippen LogP contribution in [0.4, 0.5) is 10.5 Å². The Kier molecular flexibility index (Phi) is 7.10. The Bertz CT molecular complexity index is 679. The van der Waals surface area contributed by atoms with Crippen molar-refractivity contribution in [3.05, 3.63) is 54.4 Å². The zero-order valence-electron chi connectivity index (χ0n) is 13.2. The number of benzene rings is 1. The number of aromatic nitrogens is 1. The number of hydrogen-bond donors (Lipinski definition) is 3. The van der Waals surface area contributed by atoms with E-state index in [9.17, 15) is 9.59 Å². The normalized spacial score (nSPS) is 10.2. The Balaban J connectivity index is 1.81. The number of nitrogens with zero attached hydrogens (tertiary/aromatic N) is 1. The van der Waals surface area contributed by atoms with Gasteiger partial charge in [0.15, 0.2) is 0 Å². The van der Waals surface area contributed by atoms with Gasteiger partial charge in [0.25, 0.3) is 0 Å². The maximum atomic E-state index is 12.0. The molecule has 0 atom stereocenters. The molecular formula is C17H20N4O2S. The third-order valence-corrected chi connectivity index (χ3v) is 4.21. The molecule has 3 amide bonds. The van der Waals surface area contributed by atoms with Gasteiger partial charge in [0.2, 0.25) is 5.91 Å². The molecule has 0 aliphatic rings. The fraction of sp³-hybridized carbons (Fsp3) is 0.235. The van der Waals surface area contributed by atoms with E-state index in [1.165, 1.54) is 11.8 Å². The van der Waals surface area contributed by atoms with Gasteiger partial charge in [-0.15, -0.1) is 11.8 Å². The van der Waals surface area contributed by atoms with Gasteiger partial charge in [-0.25, -0.2) is 4.79 Å². The van der Waals surface area contributed by atoms with Crippen molar-refractivity contribution in [2.24, 2.45) is 5.73 Å². The molecule has 1 aromatic carbocycles. The lowest BCUT2D eigenvalue weighted by atomic mass is 10.3. The molecule has 7 heteroatoms. The number of para-hydroxylation sites is 1. The van der Waals surface area contributed by atoms with Crippen molar-refractivity contribution >= 4 is 29.4 Å². The monoisotopic (exact) mass is 344 g/mol. The molecule has 0 saturated carbocycles. The topological polar surface area (TPSA) is 97.1 Å². The summed E-state index contributed by atoms with van der Waals surface area (Å²) in [5, 5.41) is 5.64. The van der Waals surface area contributed by atoms with Gasteiger partial charge in [-0.2, -0.15) is 0 Å². The van der Waals surface area contributed by atoms with Gasteiger partial charge in [0, 0.05) is 41.9 Å². The Hall–Kier alpha value is -2.54. The van der Waals surface area contributed by atoms with Crippen molar-refractivity contribution in [2.75, 3.05) is 17.6 Å². The lowest BCUT2D eigenvalue weighted by Crippen LogP contribution is -2.30. The van der Waals surface area contributed by atoms with Crippen molar-refractivity contribution in [2.45, 2.75) is 17.7 Å². The van der Waals surface area contributed by atoms with Crippen molar-refractivity contribution in [1.29, 1.82) is 0 Å². The first-order valence-electron chi connectivity index (χ1n) is 7.60. The van der Waals surface area contributed by atoms with Crippen LogP contribution in [0.5, 0.6) is 0 Å². The second kappa shape index (κ2) is 9.57. The van der Waals surface area contributed by atoms with Crippen LogP contribution in [0.15, 0.2) is 53.6 Å². The predicted molar refractivity (Wildman–Crippen MR) is 95.9 cm³/mol. The van der Waals surface area contributed by atoms with Gasteiger partial charge in [-0.05, 0) is 24.3 Å². The van der Waals surface area contributed by atoms with Crippen LogP contribution >= 0.6 is 11.8 Å². The highest BCUT2D eigenvalue weighted by Crippen LogP contribution is 2.27.